The number of nitrogens with one attached hydrogen (secondary N) is 1. The van der Waals surface area contributed by atoms with E-state index in [-0.39, 0.29) is 16.4 Å². The van der Waals surface area contributed by atoms with Crippen LogP contribution in [0.15, 0.2) is 12.1 Å². The average Bonchev–Trinajstić information content (AvgIpc) is 2.63. The van der Waals surface area contributed by atoms with Gasteiger partial charge >= 0.3 is 0 Å². The van der Waals surface area contributed by atoms with Crippen LogP contribution in [0.3, 0.4) is 0 Å². The molecule has 19 heavy (non-hydrogen) atoms. The number of fused-ring (bicyclic) bond motifs is 1. The lowest BCUT2D eigenvalue weighted by molar-refractivity contribution is -0.117. The molecule has 4 nitrogen and oxygen atoms in total. The van der Waals surface area contributed by atoms with Crippen LogP contribution in [-0.4, -0.2) is 18.4 Å². The molecular formula is C11H7Cl3N2O2S. The summed E-state index contributed by atoms with van der Waals surface area (Å²) in [6.07, 6.45) is 0. The molecule has 3 N–H and O–H groups in total. The molecule has 0 aliphatic heterocycles. The Morgan fingerprint density at radius 1 is 1.26 bits per heavy atom. The summed E-state index contributed by atoms with van der Waals surface area (Å²) in [5.41, 5.74) is 4.95. The summed E-state index contributed by atoms with van der Waals surface area (Å²) in [4.78, 5) is 22.8. The number of nitrogens with two attached hydrogens (primary N) is 1. The Morgan fingerprint density at radius 3 is 2.58 bits per heavy atom. The normalized spacial score (nSPS) is 10.7. The topological polar surface area (TPSA) is 72.2 Å². The predicted molar refractivity (Wildman–Crippen MR) is 78.4 cm³/mol. The van der Waals surface area contributed by atoms with Gasteiger partial charge in [-0.15, -0.1) is 11.3 Å². The highest BCUT2D eigenvalue weighted by atomic mass is 35.5. The molecule has 0 aliphatic carbocycles. The molecule has 0 saturated heterocycles. The van der Waals surface area contributed by atoms with Crippen LogP contribution in [-0.2, 0) is 4.79 Å². The van der Waals surface area contributed by atoms with Crippen molar-refractivity contribution in [1.82, 2.24) is 5.32 Å². The van der Waals surface area contributed by atoms with Crippen molar-refractivity contribution in [3.8, 4) is 0 Å². The summed E-state index contributed by atoms with van der Waals surface area (Å²) in [6, 6.07) is 3.22. The number of primary amides is 1. The Labute approximate surface area is 127 Å². The Kier molecular flexibility index (Phi) is 4.20. The van der Waals surface area contributed by atoms with Gasteiger partial charge in [-0.3, -0.25) is 9.59 Å². The molecule has 0 fully saturated rings. The minimum atomic E-state index is -0.633. The standard InChI is InChI=1S/C11H7Cl3N2O2S/c12-4-1-5(13)8-6(2-4)19-10(9(8)14)11(18)16-3-7(15)17/h1-2H,3H2,(H2,15,17)(H,16,18). The van der Waals surface area contributed by atoms with Crippen LogP contribution in [0.25, 0.3) is 10.1 Å². The number of hydrogen-bond acceptors (Lipinski definition) is 3. The van der Waals surface area contributed by atoms with E-state index in [9.17, 15) is 9.59 Å². The number of amides is 2. The Hall–Kier alpha value is -1.01. The monoisotopic (exact) mass is 336 g/mol. The van der Waals surface area contributed by atoms with Gasteiger partial charge in [-0.2, -0.15) is 0 Å². The second-order valence-corrected chi connectivity index (χ2v) is 5.93. The number of carbonyl (C=O) groups excluding carboxylic acids is 2. The molecule has 0 atom stereocenters. The summed E-state index contributed by atoms with van der Waals surface area (Å²) < 4.78 is 0.701. The van der Waals surface area contributed by atoms with Crippen LogP contribution in [0.5, 0.6) is 0 Å². The molecule has 2 rings (SSSR count). The van der Waals surface area contributed by atoms with Gasteiger partial charge in [0.05, 0.1) is 16.6 Å². The van der Waals surface area contributed by atoms with E-state index in [4.69, 9.17) is 40.5 Å². The van der Waals surface area contributed by atoms with Crippen LogP contribution in [0.2, 0.25) is 15.1 Å². The molecule has 2 aromatic rings. The quantitative estimate of drug-likeness (QED) is 0.903. The number of thiophene rings is 1. The molecule has 8 heteroatoms. The molecule has 1 aromatic heterocycles. The predicted octanol–water partition coefficient (Wildman–Crippen LogP) is 3.08. The van der Waals surface area contributed by atoms with Crippen molar-refractivity contribution in [3.63, 3.8) is 0 Å². The van der Waals surface area contributed by atoms with E-state index >= 15 is 0 Å². The smallest absolute Gasteiger partial charge is 0.263 e. The number of carbonyl (C=O) groups is 2. The average molecular weight is 338 g/mol. The largest absolute Gasteiger partial charge is 0.368 e. The first-order chi connectivity index (χ1) is 8.90. The lowest BCUT2D eigenvalue weighted by atomic mass is 10.2. The van der Waals surface area contributed by atoms with Gasteiger partial charge in [0.2, 0.25) is 5.91 Å². The number of hydrogen-bond donors (Lipinski definition) is 2. The molecule has 100 valence electrons. The second kappa shape index (κ2) is 5.54. The van der Waals surface area contributed by atoms with Crippen molar-refractivity contribution in [2.24, 2.45) is 5.73 Å². The zero-order valence-corrected chi connectivity index (χ0v) is 12.4. The highest BCUT2D eigenvalue weighted by Gasteiger charge is 2.19. The van der Waals surface area contributed by atoms with Crippen molar-refractivity contribution in [2.45, 2.75) is 0 Å². The molecule has 0 bridgehead atoms. The number of halogens is 3. The highest BCUT2D eigenvalue weighted by molar-refractivity contribution is 7.21. The van der Waals surface area contributed by atoms with Crippen molar-refractivity contribution in [1.29, 1.82) is 0 Å². The van der Waals surface area contributed by atoms with Crippen molar-refractivity contribution >= 4 is 68.0 Å². The molecule has 1 heterocycles. The molecule has 0 unspecified atom stereocenters. The maximum absolute atomic E-state index is 11.9. The molecular weight excluding hydrogens is 331 g/mol. The third kappa shape index (κ3) is 2.95. The van der Waals surface area contributed by atoms with Gasteiger partial charge in [0.1, 0.15) is 4.88 Å². The first-order valence-corrected chi connectivity index (χ1v) is 6.98. The van der Waals surface area contributed by atoms with Crippen LogP contribution in [0.4, 0.5) is 0 Å². The van der Waals surface area contributed by atoms with Gasteiger partial charge in [-0.1, -0.05) is 34.8 Å². The summed E-state index contributed by atoms with van der Waals surface area (Å²) >= 11 is 19.2. The first kappa shape index (κ1) is 14.4. The van der Waals surface area contributed by atoms with Crippen molar-refractivity contribution in [2.75, 3.05) is 6.54 Å². The van der Waals surface area contributed by atoms with Crippen LogP contribution >= 0.6 is 46.1 Å². The zero-order valence-electron chi connectivity index (χ0n) is 9.30. The van der Waals surface area contributed by atoms with Crippen molar-refractivity contribution < 1.29 is 9.59 Å². The van der Waals surface area contributed by atoms with E-state index < -0.39 is 11.8 Å². The van der Waals surface area contributed by atoms with Gasteiger partial charge in [0.15, 0.2) is 0 Å². The molecule has 1 aromatic carbocycles. The highest BCUT2D eigenvalue weighted by Crippen LogP contribution is 2.41. The van der Waals surface area contributed by atoms with E-state index in [0.717, 1.165) is 11.3 Å². The minimum Gasteiger partial charge on any atom is -0.368 e. The molecule has 0 spiro atoms. The van der Waals surface area contributed by atoms with Crippen LogP contribution < -0.4 is 11.1 Å². The Bertz CT molecular complexity index is 684. The third-order valence-corrected chi connectivity index (χ3v) is 4.42. The van der Waals surface area contributed by atoms with E-state index in [1.807, 2.05) is 0 Å². The molecule has 2 amide bonds. The lowest BCUT2D eigenvalue weighted by Gasteiger charge is -2.00. The lowest BCUT2D eigenvalue weighted by Crippen LogP contribution is -2.32. The fourth-order valence-corrected chi connectivity index (χ4v) is 3.80. The van der Waals surface area contributed by atoms with E-state index in [1.54, 1.807) is 12.1 Å². The van der Waals surface area contributed by atoms with Crippen molar-refractivity contribution in [3.05, 3.63) is 32.1 Å². The Balaban J connectivity index is 2.45. The molecule has 0 aliphatic rings. The fraction of sp³-hybridized carbons (Fsp3) is 0.0909. The van der Waals surface area contributed by atoms with E-state index in [1.165, 1.54) is 0 Å². The SMILES string of the molecule is NC(=O)CNC(=O)c1sc2cc(Cl)cc(Cl)c2c1Cl. The van der Waals surface area contributed by atoms with Gasteiger partial charge in [-0.25, -0.2) is 0 Å². The van der Waals surface area contributed by atoms with Gasteiger partial charge in [-0.05, 0) is 12.1 Å². The summed E-state index contributed by atoms with van der Waals surface area (Å²) in [7, 11) is 0. The van der Waals surface area contributed by atoms with Crippen LogP contribution in [0, 0.1) is 0 Å². The van der Waals surface area contributed by atoms with E-state index in [0.29, 0.717) is 20.1 Å². The fourth-order valence-electron chi connectivity index (χ4n) is 1.51. The summed E-state index contributed by atoms with van der Waals surface area (Å²) in [5, 5.41) is 4.01. The van der Waals surface area contributed by atoms with E-state index in [2.05, 4.69) is 5.32 Å². The minimum absolute atomic E-state index is 0.239. The first-order valence-electron chi connectivity index (χ1n) is 5.03. The summed E-state index contributed by atoms with van der Waals surface area (Å²) in [5.74, 6) is -1.11. The number of rotatable bonds is 3. The summed E-state index contributed by atoms with van der Waals surface area (Å²) in [6.45, 7) is -0.252. The number of benzene rings is 1. The van der Waals surface area contributed by atoms with Gasteiger partial charge in [0, 0.05) is 15.1 Å². The Morgan fingerprint density at radius 2 is 1.95 bits per heavy atom. The zero-order chi connectivity index (χ0) is 14.2. The second-order valence-electron chi connectivity index (χ2n) is 3.65. The molecule has 0 radical (unpaired) electrons. The van der Waals surface area contributed by atoms with Gasteiger partial charge < -0.3 is 11.1 Å². The van der Waals surface area contributed by atoms with Gasteiger partial charge in [0.25, 0.3) is 5.91 Å². The maximum atomic E-state index is 11.9. The maximum Gasteiger partial charge on any atom is 0.263 e. The third-order valence-electron chi connectivity index (χ3n) is 2.28. The molecule has 0 saturated carbocycles. The van der Waals surface area contributed by atoms with Crippen LogP contribution in [0.1, 0.15) is 9.67 Å².